The van der Waals surface area contributed by atoms with E-state index in [4.69, 9.17) is 0 Å². The van der Waals surface area contributed by atoms with Crippen LogP contribution >= 0.6 is 0 Å². The molecule has 0 spiro atoms. The van der Waals surface area contributed by atoms with Crippen LogP contribution in [0.15, 0.2) is 54.6 Å². The molecule has 0 unspecified atom stereocenters. The summed E-state index contributed by atoms with van der Waals surface area (Å²) in [4.78, 5) is 11.9. The molecule has 0 aromatic heterocycles. The average Bonchev–Trinajstić information content (AvgIpc) is 2.52. The van der Waals surface area contributed by atoms with Crippen molar-refractivity contribution in [1.29, 1.82) is 0 Å². The lowest BCUT2D eigenvalue weighted by atomic mass is 10.0. The molecule has 0 fully saturated rings. The second kappa shape index (κ2) is 7.49. The first-order chi connectivity index (χ1) is 9.81. The third-order valence-electron chi connectivity index (χ3n) is 3.09. The summed E-state index contributed by atoms with van der Waals surface area (Å²) < 4.78 is 0. The fourth-order valence-corrected chi connectivity index (χ4v) is 1.94. The summed E-state index contributed by atoms with van der Waals surface area (Å²) in [6.45, 7) is 5.57. The normalized spacial score (nSPS) is 10.2. The van der Waals surface area contributed by atoms with Gasteiger partial charge in [0.05, 0.1) is 0 Å². The predicted molar refractivity (Wildman–Crippen MR) is 82.9 cm³/mol. The van der Waals surface area contributed by atoms with Crippen LogP contribution in [0, 0.1) is 13.5 Å². The third-order valence-corrected chi connectivity index (χ3v) is 3.09. The van der Waals surface area contributed by atoms with Gasteiger partial charge in [-0.25, -0.2) is 0 Å². The van der Waals surface area contributed by atoms with E-state index >= 15 is 0 Å². The molecule has 2 aromatic carbocycles. The lowest BCUT2D eigenvalue weighted by Gasteiger charge is -2.06. The smallest absolute Gasteiger partial charge is 0.251 e. The van der Waals surface area contributed by atoms with Gasteiger partial charge in [-0.05, 0) is 29.7 Å². The minimum absolute atomic E-state index is 0.0614. The van der Waals surface area contributed by atoms with Crippen LogP contribution in [0.5, 0.6) is 0 Å². The highest BCUT2D eigenvalue weighted by molar-refractivity contribution is 5.95. The lowest BCUT2D eigenvalue weighted by molar-refractivity contribution is 0.0963. The minimum atomic E-state index is -0.0614. The van der Waals surface area contributed by atoms with Crippen molar-refractivity contribution in [3.8, 4) is 11.1 Å². The molecule has 0 bridgehead atoms. The molecule has 0 heterocycles. The monoisotopic (exact) mass is 265 g/mol. The van der Waals surface area contributed by atoms with Gasteiger partial charge in [0.15, 0.2) is 0 Å². The van der Waals surface area contributed by atoms with Gasteiger partial charge >= 0.3 is 0 Å². The van der Waals surface area contributed by atoms with Crippen LogP contribution < -0.4 is 5.32 Å². The lowest BCUT2D eigenvalue weighted by Crippen LogP contribution is -2.20. The first kappa shape index (κ1) is 14.3. The van der Waals surface area contributed by atoms with E-state index in [1.165, 1.54) is 0 Å². The molecule has 1 N–H and O–H groups in total. The van der Waals surface area contributed by atoms with E-state index in [1.807, 2.05) is 42.5 Å². The van der Waals surface area contributed by atoms with E-state index < -0.39 is 0 Å². The Morgan fingerprint density at radius 2 is 1.65 bits per heavy atom. The van der Waals surface area contributed by atoms with E-state index in [0.717, 1.165) is 30.4 Å². The summed E-state index contributed by atoms with van der Waals surface area (Å²) in [5.74, 6) is -0.0614. The molecule has 1 amide bonds. The standard InChI is InChI=1S/C18H19NO/c1-2-3-7-14-19-18(20)17-12-10-16(11-13-17)15-8-5-4-6-9-15/h4-6,8-14H,1-3,7H2,(H,19,20). The molecule has 2 rings (SSSR count). The molecule has 2 radical (unpaired) electrons. The first-order valence-corrected chi connectivity index (χ1v) is 6.88. The Balaban J connectivity index is 1.96. The van der Waals surface area contributed by atoms with Crippen LogP contribution in [-0.2, 0) is 0 Å². The maximum absolute atomic E-state index is 11.9. The van der Waals surface area contributed by atoms with Crippen molar-refractivity contribution < 1.29 is 4.79 Å². The number of hydrogen-bond donors (Lipinski definition) is 1. The van der Waals surface area contributed by atoms with Gasteiger partial charge < -0.3 is 5.32 Å². The molecule has 2 heteroatoms. The van der Waals surface area contributed by atoms with Crippen LogP contribution in [0.4, 0.5) is 0 Å². The molecular weight excluding hydrogens is 246 g/mol. The van der Waals surface area contributed by atoms with Crippen molar-refractivity contribution in [1.82, 2.24) is 5.32 Å². The zero-order valence-corrected chi connectivity index (χ0v) is 11.5. The third kappa shape index (κ3) is 3.95. The van der Waals surface area contributed by atoms with Crippen LogP contribution in [0.3, 0.4) is 0 Å². The fourth-order valence-electron chi connectivity index (χ4n) is 1.94. The number of carbonyl (C=O) groups is 1. The minimum Gasteiger partial charge on any atom is -0.347 e. The second-order valence-electron chi connectivity index (χ2n) is 4.62. The maximum Gasteiger partial charge on any atom is 0.251 e. The number of nitrogens with one attached hydrogen (secondary N) is 1. The maximum atomic E-state index is 11.9. The van der Waals surface area contributed by atoms with Crippen LogP contribution in [-0.4, -0.2) is 5.91 Å². The molecule has 0 atom stereocenters. The molecule has 102 valence electrons. The Morgan fingerprint density at radius 3 is 2.30 bits per heavy atom. The van der Waals surface area contributed by atoms with E-state index in [2.05, 4.69) is 24.4 Å². The molecule has 2 nitrogen and oxygen atoms in total. The van der Waals surface area contributed by atoms with Gasteiger partial charge in [-0.3, -0.25) is 4.79 Å². The zero-order valence-electron chi connectivity index (χ0n) is 11.5. The Bertz CT molecular complexity index is 531. The fraction of sp³-hybridized carbons (Fsp3) is 0.167. The van der Waals surface area contributed by atoms with Crippen LogP contribution in [0.2, 0.25) is 0 Å². The highest BCUT2D eigenvalue weighted by Crippen LogP contribution is 2.19. The molecule has 0 saturated heterocycles. The van der Waals surface area contributed by atoms with Crippen molar-refractivity contribution in [2.24, 2.45) is 0 Å². The molecule has 0 aliphatic carbocycles. The number of rotatable bonds is 6. The van der Waals surface area contributed by atoms with Crippen molar-refractivity contribution in [3.05, 3.63) is 73.6 Å². The summed E-state index contributed by atoms with van der Waals surface area (Å²) in [6.07, 6.45) is 2.74. The molecule has 20 heavy (non-hydrogen) atoms. The number of unbranched alkanes of at least 4 members (excludes halogenated alkanes) is 2. The van der Waals surface area contributed by atoms with Crippen molar-refractivity contribution in [3.63, 3.8) is 0 Å². The van der Waals surface area contributed by atoms with Crippen LogP contribution in [0.1, 0.15) is 29.6 Å². The summed E-state index contributed by atoms with van der Waals surface area (Å²) in [5, 5.41) is 2.80. The van der Waals surface area contributed by atoms with Gasteiger partial charge in [0.25, 0.3) is 5.91 Å². The first-order valence-electron chi connectivity index (χ1n) is 6.88. The van der Waals surface area contributed by atoms with Gasteiger partial charge in [0, 0.05) is 12.1 Å². The predicted octanol–water partition coefficient (Wildman–Crippen LogP) is 4.25. The van der Waals surface area contributed by atoms with Gasteiger partial charge in [0.1, 0.15) is 0 Å². The van der Waals surface area contributed by atoms with Gasteiger partial charge in [-0.2, -0.15) is 0 Å². The summed E-state index contributed by atoms with van der Waals surface area (Å²) in [5.41, 5.74) is 2.94. The topological polar surface area (TPSA) is 29.1 Å². The highest BCUT2D eigenvalue weighted by Gasteiger charge is 2.05. The van der Waals surface area contributed by atoms with Crippen molar-refractivity contribution >= 4 is 5.91 Å². The zero-order chi connectivity index (χ0) is 14.2. The van der Waals surface area contributed by atoms with Crippen LogP contribution in [0.25, 0.3) is 11.1 Å². The molecule has 2 aromatic rings. The largest absolute Gasteiger partial charge is 0.347 e. The molecular formula is C18H19NO. The van der Waals surface area contributed by atoms with Crippen molar-refractivity contribution in [2.45, 2.75) is 19.3 Å². The van der Waals surface area contributed by atoms with E-state index in [1.54, 1.807) is 6.54 Å². The summed E-state index contributed by atoms with van der Waals surface area (Å²) >= 11 is 0. The molecule has 0 aliphatic heterocycles. The highest BCUT2D eigenvalue weighted by atomic mass is 16.1. The molecule has 0 saturated carbocycles. The Labute approximate surface area is 120 Å². The number of benzene rings is 2. The Hall–Kier alpha value is -2.09. The van der Waals surface area contributed by atoms with E-state index in [0.29, 0.717) is 5.56 Å². The van der Waals surface area contributed by atoms with Gasteiger partial charge in [-0.1, -0.05) is 62.2 Å². The molecule has 0 aliphatic rings. The van der Waals surface area contributed by atoms with Crippen molar-refractivity contribution in [2.75, 3.05) is 0 Å². The Morgan fingerprint density at radius 1 is 1.00 bits per heavy atom. The van der Waals surface area contributed by atoms with Gasteiger partial charge in [0.2, 0.25) is 0 Å². The van der Waals surface area contributed by atoms with E-state index in [9.17, 15) is 4.79 Å². The second-order valence-corrected chi connectivity index (χ2v) is 4.62. The average molecular weight is 265 g/mol. The SMILES string of the molecule is [CH2]CCC[CH]NC(=O)c1ccc(-c2ccccc2)cc1. The number of hydrogen-bond acceptors (Lipinski definition) is 1. The van der Waals surface area contributed by atoms with Gasteiger partial charge in [-0.15, -0.1) is 0 Å². The van der Waals surface area contributed by atoms with E-state index in [-0.39, 0.29) is 5.91 Å². The quantitative estimate of drug-likeness (QED) is 0.777. The summed E-state index contributed by atoms with van der Waals surface area (Å²) in [7, 11) is 0. The number of amides is 1. The Kier molecular flexibility index (Phi) is 5.36. The number of carbonyl (C=O) groups excluding carboxylic acids is 1. The summed E-state index contributed by atoms with van der Waals surface area (Å²) in [6, 6.07) is 17.8.